The van der Waals surface area contributed by atoms with Crippen LogP contribution in [-0.2, 0) is 0 Å². The molecule has 0 amide bonds. The molecular weight excluding hydrogens is 163 g/mol. The minimum Gasteiger partial charge on any atom is -0.143 e. The molecule has 0 saturated heterocycles. The van der Waals surface area contributed by atoms with Crippen molar-refractivity contribution in [1.29, 1.82) is 0 Å². The molecule has 0 spiro atoms. The van der Waals surface area contributed by atoms with Crippen LogP contribution in [0.1, 0.15) is 16.7 Å². The third kappa shape index (κ3) is 2.83. The fraction of sp³-hybridized carbons (Fsp3) is 0.333. The molecule has 1 rings (SSSR count). The number of rotatable bonds is 0. The Morgan fingerprint density at radius 2 is 1.36 bits per heavy atom. The first-order valence-electron chi connectivity index (χ1n) is 3.38. The van der Waals surface area contributed by atoms with Gasteiger partial charge in [-0.25, -0.2) is 0 Å². The molecule has 1 aromatic carbocycles. The number of hydrogen-bond acceptors (Lipinski definition) is 1. The van der Waals surface area contributed by atoms with Gasteiger partial charge in [0.1, 0.15) is 0 Å². The number of benzene rings is 1. The molecule has 0 radical (unpaired) electrons. The van der Waals surface area contributed by atoms with Gasteiger partial charge in [-0.2, -0.15) is 0 Å². The summed E-state index contributed by atoms with van der Waals surface area (Å²) in [6, 6.07) is 4.27. The Hall–Kier alpha value is 0.570. The van der Waals surface area contributed by atoms with E-state index in [1.807, 2.05) is 0 Å². The molecule has 0 nitrogen and oxygen atoms in total. The molecule has 0 fully saturated rings. The van der Waals surface area contributed by atoms with Gasteiger partial charge in [-0.1, -0.05) is 6.07 Å². The maximum absolute atomic E-state index is 4.31. The molecule has 0 N–H and O–H groups in total. The van der Waals surface area contributed by atoms with Gasteiger partial charge in [0.15, 0.2) is 0 Å². The van der Waals surface area contributed by atoms with Crippen molar-refractivity contribution in [3.8, 4) is 0 Å². The number of thiol groups is 1. The van der Waals surface area contributed by atoms with Crippen LogP contribution >= 0.6 is 12.6 Å². The molecule has 0 atom stereocenters. The first kappa shape index (κ1) is 11.6. The van der Waals surface area contributed by atoms with Crippen molar-refractivity contribution < 1.29 is 29.6 Å². The predicted molar refractivity (Wildman–Crippen MR) is 47.9 cm³/mol. The summed E-state index contributed by atoms with van der Waals surface area (Å²) in [5.74, 6) is 0. The van der Waals surface area contributed by atoms with Crippen molar-refractivity contribution in [3.63, 3.8) is 0 Å². The molecule has 0 heterocycles. The van der Waals surface area contributed by atoms with Gasteiger partial charge < -0.3 is 0 Å². The van der Waals surface area contributed by atoms with E-state index in [4.69, 9.17) is 0 Å². The van der Waals surface area contributed by atoms with Crippen LogP contribution in [0, 0.1) is 20.8 Å². The van der Waals surface area contributed by atoms with Crippen molar-refractivity contribution in [2.24, 2.45) is 0 Å². The third-order valence-electron chi connectivity index (χ3n) is 1.81. The molecule has 0 aliphatic heterocycles. The topological polar surface area (TPSA) is 0 Å². The molecule has 0 unspecified atom stereocenters. The SMILES string of the molecule is Cc1cc(C)c(S)cc1C.[Na+]. The summed E-state index contributed by atoms with van der Waals surface area (Å²) in [6.07, 6.45) is 0. The zero-order valence-corrected chi connectivity index (χ0v) is 10.5. The van der Waals surface area contributed by atoms with Crippen LogP contribution in [0.15, 0.2) is 17.0 Å². The summed E-state index contributed by atoms with van der Waals surface area (Å²) in [5, 5.41) is 0. The minimum atomic E-state index is 0. The Morgan fingerprint density at radius 1 is 0.909 bits per heavy atom. The van der Waals surface area contributed by atoms with Gasteiger partial charge in [0.2, 0.25) is 0 Å². The van der Waals surface area contributed by atoms with Crippen molar-refractivity contribution in [3.05, 3.63) is 28.8 Å². The molecule has 0 aromatic heterocycles. The van der Waals surface area contributed by atoms with Crippen molar-refractivity contribution in [1.82, 2.24) is 0 Å². The van der Waals surface area contributed by atoms with Crippen molar-refractivity contribution in [2.75, 3.05) is 0 Å². The summed E-state index contributed by atoms with van der Waals surface area (Å²) in [7, 11) is 0. The average Bonchev–Trinajstić information content (AvgIpc) is 1.84. The summed E-state index contributed by atoms with van der Waals surface area (Å²) < 4.78 is 0. The van der Waals surface area contributed by atoms with E-state index in [0.29, 0.717) is 0 Å². The summed E-state index contributed by atoms with van der Waals surface area (Å²) in [4.78, 5) is 1.09. The van der Waals surface area contributed by atoms with E-state index >= 15 is 0 Å². The summed E-state index contributed by atoms with van der Waals surface area (Å²) >= 11 is 4.31. The van der Waals surface area contributed by atoms with Gasteiger partial charge in [0.25, 0.3) is 0 Å². The second-order valence-electron chi connectivity index (χ2n) is 2.72. The molecule has 0 bridgehead atoms. The number of hydrogen-bond donors (Lipinski definition) is 1. The molecular formula is C9H12NaS+. The van der Waals surface area contributed by atoms with Crippen LogP contribution in [0.3, 0.4) is 0 Å². The Labute approximate surface area is 96.1 Å². The van der Waals surface area contributed by atoms with Gasteiger partial charge in [-0.15, -0.1) is 12.6 Å². The van der Waals surface area contributed by atoms with Crippen LogP contribution in [0.5, 0.6) is 0 Å². The van der Waals surface area contributed by atoms with E-state index < -0.39 is 0 Å². The van der Waals surface area contributed by atoms with Crippen LogP contribution in [0.4, 0.5) is 0 Å². The molecule has 1 aromatic rings. The van der Waals surface area contributed by atoms with Gasteiger partial charge in [0, 0.05) is 4.90 Å². The predicted octanol–water partition coefficient (Wildman–Crippen LogP) is -0.0954. The van der Waals surface area contributed by atoms with Crippen molar-refractivity contribution >= 4 is 12.6 Å². The number of aryl methyl sites for hydroxylation is 3. The molecule has 0 saturated carbocycles. The Bertz CT molecular complexity index is 206. The van der Waals surface area contributed by atoms with E-state index in [1.165, 1.54) is 16.7 Å². The molecule has 0 aliphatic rings. The Balaban J connectivity index is 0.000001000. The van der Waals surface area contributed by atoms with Crippen LogP contribution in [0.25, 0.3) is 0 Å². The fourth-order valence-corrected chi connectivity index (χ4v) is 1.20. The molecule has 54 valence electrons. The monoisotopic (exact) mass is 175 g/mol. The first-order valence-corrected chi connectivity index (χ1v) is 3.83. The van der Waals surface area contributed by atoms with Crippen molar-refractivity contribution in [2.45, 2.75) is 25.7 Å². The fourth-order valence-electron chi connectivity index (χ4n) is 0.945. The summed E-state index contributed by atoms with van der Waals surface area (Å²) in [5.41, 5.74) is 3.91. The largest absolute Gasteiger partial charge is 1.00 e. The van der Waals surface area contributed by atoms with Crippen LogP contribution in [-0.4, -0.2) is 0 Å². The van der Waals surface area contributed by atoms with E-state index in [9.17, 15) is 0 Å². The second-order valence-corrected chi connectivity index (χ2v) is 3.20. The maximum Gasteiger partial charge on any atom is 1.00 e. The second kappa shape index (κ2) is 4.56. The smallest absolute Gasteiger partial charge is 0.143 e. The maximum atomic E-state index is 4.31. The van der Waals surface area contributed by atoms with Crippen LogP contribution < -0.4 is 29.6 Å². The molecule has 11 heavy (non-hydrogen) atoms. The van der Waals surface area contributed by atoms with E-state index in [1.54, 1.807) is 0 Å². The van der Waals surface area contributed by atoms with Gasteiger partial charge >= 0.3 is 29.6 Å². The quantitative estimate of drug-likeness (QED) is 0.413. The summed E-state index contributed by atoms with van der Waals surface area (Å²) in [6.45, 7) is 6.30. The Kier molecular flexibility index (Phi) is 4.80. The van der Waals surface area contributed by atoms with Crippen LogP contribution in [0.2, 0.25) is 0 Å². The normalized spacial score (nSPS) is 9.09. The Morgan fingerprint density at radius 3 is 1.82 bits per heavy atom. The van der Waals surface area contributed by atoms with Gasteiger partial charge in [-0.3, -0.25) is 0 Å². The van der Waals surface area contributed by atoms with Gasteiger partial charge in [0.05, 0.1) is 0 Å². The molecule has 0 aliphatic carbocycles. The first-order chi connectivity index (χ1) is 4.61. The minimum absolute atomic E-state index is 0. The zero-order chi connectivity index (χ0) is 7.72. The molecule has 2 heteroatoms. The van der Waals surface area contributed by atoms with E-state index in [-0.39, 0.29) is 29.6 Å². The standard InChI is InChI=1S/C9H12S.Na/c1-6-4-8(3)9(10)5-7(6)2;/h4-5,10H,1-3H3;/q;+1. The third-order valence-corrected chi connectivity index (χ3v) is 2.29. The zero-order valence-electron chi connectivity index (χ0n) is 7.60. The average molecular weight is 175 g/mol. The van der Waals surface area contributed by atoms with E-state index in [2.05, 4.69) is 45.5 Å². The van der Waals surface area contributed by atoms with E-state index in [0.717, 1.165) is 4.90 Å². The van der Waals surface area contributed by atoms with Gasteiger partial charge in [-0.05, 0) is 43.5 Å².